The molecule has 0 unspecified atom stereocenters. The molecule has 4 aromatic carbocycles. The van der Waals surface area contributed by atoms with Gasteiger partial charge in [-0.3, -0.25) is 0 Å². The molecule has 2 nitrogen and oxygen atoms in total. The summed E-state index contributed by atoms with van der Waals surface area (Å²) in [6, 6.07) is 33.5. The molecule has 2 aliphatic rings. The van der Waals surface area contributed by atoms with Crippen LogP contribution in [0, 0.1) is 0 Å². The molecule has 2 heterocycles. The Morgan fingerprint density at radius 3 is 0.893 bits per heavy atom. The highest BCUT2D eigenvalue weighted by Crippen LogP contribution is 2.44. The number of rotatable bonds is 0. The van der Waals surface area contributed by atoms with Crippen LogP contribution in [-0.4, -0.2) is 0 Å². The highest BCUT2D eigenvalue weighted by Gasteiger charge is 2.14. The molecule has 0 fully saturated rings. The number of hydrogen-bond donors (Lipinski definition) is 2. The molecule has 0 atom stereocenters. The van der Waals surface area contributed by atoms with Gasteiger partial charge in [0.15, 0.2) is 0 Å². The van der Waals surface area contributed by atoms with Crippen molar-refractivity contribution in [1.29, 1.82) is 0 Å². The average molecular weight is 399 g/mol. The van der Waals surface area contributed by atoms with Gasteiger partial charge >= 0.3 is 0 Å². The first-order valence-corrected chi connectivity index (χ1v) is 10.8. The molecule has 0 saturated carbocycles. The maximum absolute atomic E-state index is 3.42. The van der Waals surface area contributed by atoms with Gasteiger partial charge in [-0.15, -0.1) is 0 Å². The molecular formula is C24H18N2S2. The summed E-state index contributed by atoms with van der Waals surface area (Å²) in [6.07, 6.45) is 0. The van der Waals surface area contributed by atoms with Crippen LogP contribution in [0.1, 0.15) is 0 Å². The van der Waals surface area contributed by atoms with Gasteiger partial charge in [-0.25, -0.2) is 0 Å². The molecule has 0 amide bonds. The zero-order chi connectivity index (χ0) is 18.8. The fourth-order valence-electron chi connectivity index (χ4n) is 3.16. The average Bonchev–Trinajstić information content (AvgIpc) is 2.76. The summed E-state index contributed by atoms with van der Waals surface area (Å²) in [7, 11) is 0. The minimum atomic E-state index is 1.20. The molecule has 136 valence electrons. The Morgan fingerprint density at radius 1 is 0.357 bits per heavy atom. The second kappa shape index (κ2) is 7.66. The lowest BCUT2D eigenvalue weighted by Crippen LogP contribution is -1.98. The van der Waals surface area contributed by atoms with Crippen molar-refractivity contribution < 1.29 is 0 Å². The first kappa shape index (κ1) is 17.3. The molecule has 28 heavy (non-hydrogen) atoms. The largest absolute Gasteiger partial charge is 0.354 e. The third-order valence-electron chi connectivity index (χ3n) is 4.53. The standard InChI is InChI=1S/2C12H9NS/c2*1-3-7-11-9(5-1)13-10-6-2-4-8-12(10)14-11/h2*1-8,13H. The zero-order valence-corrected chi connectivity index (χ0v) is 16.7. The normalized spacial score (nSPS) is 12.6. The predicted octanol–water partition coefficient (Wildman–Crippen LogP) is 7.79. The second-order valence-electron chi connectivity index (χ2n) is 6.44. The minimum Gasteiger partial charge on any atom is -0.354 e. The summed E-state index contributed by atoms with van der Waals surface area (Å²) in [5.74, 6) is 0. The van der Waals surface area contributed by atoms with Gasteiger partial charge in [-0.1, -0.05) is 72.1 Å². The molecule has 0 saturated heterocycles. The van der Waals surface area contributed by atoms with E-state index in [4.69, 9.17) is 0 Å². The fourth-order valence-corrected chi connectivity index (χ4v) is 5.14. The maximum atomic E-state index is 3.42. The van der Waals surface area contributed by atoms with Crippen molar-refractivity contribution in [3.8, 4) is 0 Å². The lowest BCUT2D eigenvalue weighted by Gasteiger charge is -2.19. The minimum absolute atomic E-state index is 1.20. The van der Waals surface area contributed by atoms with E-state index in [0.717, 1.165) is 0 Å². The van der Waals surface area contributed by atoms with Crippen LogP contribution >= 0.6 is 23.5 Å². The summed E-state index contributed by atoms with van der Waals surface area (Å²) in [5.41, 5.74) is 4.82. The summed E-state index contributed by atoms with van der Waals surface area (Å²) in [5, 5.41) is 6.84. The van der Waals surface area contributed by atoms with E-state index >= 15 is 0 Å². The Bertz CT molecular complexity index is 875. The predicted molar refractivity (Wildman–Crippen MR) is 121 cm³/mol. The van der Waals surface area contributed by atoms with Crippen LogP contribution in [0.5, 0.6) is 0 Å². The van der Waals surface area contributed by atoms with Gasteiger partial charge in [0.2, 0.25) is 0 Å². The summed E-state index contributed by atoms with van der Waals surface area (Å²) in [4.78, 5) is 5.19. The fraction of sp³-hybridized carbons (Fsp3) is 0. The molecule has 4 heteroatoms. The van der Waals surface area contributed by atoms with Crippen molar-refractivity contribution in [2.75, 3.05) is 10.6 Å². The van der Waals surface area contributed by atoms with E-state index in [1.165, 1.54) is 42.3 Å². The molecular weight excluding hydrogens is 380 g/mol. The maximum Gasteiger partial charge on any atom is 0.0526 e. The van der Waals surface area contributed by atoms with Crippen LogP contribution in [-0.2, 0) is 0 Å². The van der Waals surface area contributed by atoms with Crippen molar-refractivity contribution in [1.82, 2.24) is 0 Å². The molecule has 0 aromatic heterocycles. The Balaban J connectivity index is 0.000000122. The quantitative estimate of drug-likeness (QED) is 0.273. The van der Waals surface area contributed by atoms with E-state index in [9.17, 15) is 0 Å². The van der Waals surface area contributed by atoms with Crippen molar-refractivity contribution >= 4 is 46.3 Å². The van der Waals surface area contributed by atoms with Crippen molar-refractivity contribution in [2.24, 2.45) is 0 Å². The number of anilines is 4. The zero-order valence-electron chi connectivity index (χ0n) is 15.1. The van der Waals surface area contributed by atoms with E-state index in [1.54, 1.807) is 0 Å². The highest BCUT2D eigenvalue weighted by atomic mass is 32.2. The third kappa shape index (κ3) is 3.49. The van der Waals surface area contributed by atoms with E-state index < -0.39 is 0 Å². The Kier molecular flexibility index (Phi) is 4.73. The molecule has 4 aromatic rings. The number of fused-ring (bicyclic) bond motifs is 4. The summed E-state index contributed by atoms with van der Waals surface area (Å²) >= 11 is 3.64. The summed E-state index contributed by atoms with van der Waals surface area (Å²) < 4.78 is 0. The smallest absolute Gasteiger partial charge is 0.0526 e. The molecule has 0 aliphatic carbocycles. The first-order chi connectivity index (χ1) is 13.9. The van der Waals surface area contributed by atoms with Crippen LogP contribution in [0.15, 0.2) is 117 Å². The molecule has 2 N–H and O–H groups in total. The lowest BCUT2D eigenvalue weighted by molar-refractivity contribution is 1.32. The van der Waals surface area contributed by atoms with Crippen molar-refractivity contribution in [2.45, 2.75) is 19.6 Å². The van der Waals surface area contributed by atoms with Crippen LogP contribution < -0.4 is 10.6 Å². The van der Waals surface area contributed by atoms with Gasteiger partial charge in [0.25, 0.3) is 0 Å². The van der Waals surface area contributed by atoms with E-state index in [1.807, 2.05) is 23.5 Å². The SMILES string of the molecule is c1ccc2c(c1)Nc1ccccc1S2.c1ccc2c(c1)Nc1ccccc1S2. The monoisotopic (exact) mass is 398 g/mol. The molecule has 0 spiro atoms. The van der Waals surface area contributed by atoms with Gasteiger partial charge in [-0.05, 0) is 48.5 Å². The van der Waals surface area contributed by atoms with Gasteiger partial charge < -0.3 is 10.6 Å². The van der Waals surface area contributed by atoms with Gasteiger partial charge in [0, 0.05) is 19.6 Å². The second-order valence-corrected chi connectivity index (χ2v) is 8.61. The highest BCUT2D eigenvalue weighted by molar-refractivity contribution is 8.00. The van der Waals surface area contributed by atoms with Gasteiger partial charge in [0.1, 0.15) is 0 Å². The molecule has 6 rings (SSSR count). The van der Waals surface area contributed by atoms with Crippen molar-refractivity contribution in [3.05, 3.63) is 97.1 Å². The Morgan fingerprint density at radius 2 is 0.607 bits per heavy atom. The number of benzene rings is 4. The Labute approximate surface area is 173 Å². The first-order valence-electron chi connectivity index (χ1n) is 9.13. The van der Waals surface area contributed by atoms with Crippen LogP contribution in [0.25, 0.3) is 0 Å². The van der Waals surface area contributed by atoms with Gasteiger partial charge in [-0.2, -0.15) is 0 Å². The third-order valence-corrected chi connectivity index (χ3v) is 6.83. The van der Waals surface area contributed by atoms with Crippen LogP contribution in [0.2, 0.25) is 0 Å². The number of para-hydroxylation sites is 4. The number of hydrogen-bond acceptors (Lipinski definition) is 4. The lowest BCUT2D eigenvalue weighted by atomic mass is 10.2. The molecule has 0 bridgehead atoms. The topological polar surface area (TPSA) is 24.1 Å². The van der Waals surface area contributed by atoms with Gasteiger partial charge in [0.05, 0.1) is 22.7 Å². The van der Waals surface area contributed by atoms with E-state index in [2.05, 4.69) is 108 Å². The van der Waals surface area contributed by atoms with Crippen LogP contribution in [0.3, 0.4) is 0 Å². The van der Waals surface area contributed by atoms with Crippen LogP contribution in [0.4, 0.5) is 22.7 Å². The molecule has 2 aliphatic heterocycles. The van der Waals surface area contributed by atoms with E-state index in [-0.39, 0.29) is 0 Å². The van der Waals surface area contributed by atoms with E-state index in [0.29, 0.717) is 0 Å². The van der Waals surface area contributed by atoms with Crippen molar-refractivity contribution in [3.63, 3.8) is 0 Å². The molecule has 0 radical (unpaired) electrons. The Hall–Kier alpha value is -2.82. The summed E-state index contributed by atoms with van der Waals surface area (Å²) in [6.45, 7) is 0. The number of nitrogens with one attached hydrogen (secondary N) is 2.